The molecule has 1 unspecified atom stereocenters. The summed E-state index contributed by atoms with van der Waals surface area (Å²) in [5, 5.41) is 4.49. The van der Waals surface area contributed by atoms with Crippen LogP contribution in [0.5, 0.6) is 0 Å². The van der Waals surface area contributed by atoms with Gasteiger partial charge in [0, 0.05) is 12.2 Å². The Hall–Kier alpha value is -0.870. The van der Waals surface area contributed by atoms with Crippen molar-refractivity contribution in [3.05, 3.63) is 17.5 Å². The van der Waals surface area contributed by atoms with Gasteiger partial charge < -0.3 is 10.6 Å². The summed E-state index contributed by atoms with van der Waals surface area (Å²) in [6.45, 7) is 5.15. The molecule has 2 N–H and O–H groups in total. The van der Waals surface area contributed by atoms with Crippen molar-refractivity contribution in [2.75, 3.05) is 26.7 Å². The fourth-order valence-electron chi connectivity index (χ4n) is 2.34. The van der Waals surface area contributed by atoms with Crippen molar-refractivity contribution in [2.24, 2.45) is 5.73 Å². The van der Waals surface area contributed by atoms with Gasteiger partial charge in [-0.3, -0.25) is 4.68 Å². The lowest BCUT2D eigenvalue weighted by Gasteiger charge is -2.13. The highest BCUT2D eigenvalue weighted by Crippen LogP contribution is 2.22. The summed E-state index contributed by atoms with van der Waals surface area (Å²) in [5.74, 6) is 0. The minimum absolute atomic E-state index is 0.557. The normalized spacial score (nSPS) is 22.5. The minimum atomic E-state index is 0.557. The number of rotatable bonds is 3. The first-order valence-electron chi connectivity index (χ1n) is 5.64. The van der Waals surface area contributed by atoms with Crippen LogP contribution >= 0.6 is 0 Å². The molecule has 1 aromatic heterocycles. The van der Waals surface area contributed by atoms with E-state index in [2.05, 4.69) is 28.7 Å². The summed E-state index contributed by atoms with van der Waals surface area (Å²) in [6.07, 6.45) is 4.12. The lowest BCUT2D eigenvalue weighted by molar-refractivity contribution is 0.379. The van der Waals surface area contributed by atoms with Crippen molar-refractivity contribution in [3.63, 3.8) is 0 Å². The zero-order chi connectivity index (χ0) is 10.8. The first-order chi connectivity index (χ1) is 7.22. The van der Waals surface area contributed by atoms with Crippen molar-refractivity contribution < 1.29 is 0 Å². The third kappa shape index (κ3) is 2.06. The molecule has 1 atom stereocenters. The number of hydrogen-bond donors (Lipinski definition) is 1. The Balaban J connectivity index is 2.14. The molecule has 1 saturated heterocycles. The van der Waals surface area contributed by atoms with Gasteiger partial charge in [-0.05, 0) is 45.5 Å². The molecular formula is C11H20N4. The first kappa shape index (κ1) is 10.6. The zero-order valence-corrected chi connectivity index (χ0v) is 9.61. The van der Waals surface area contributed by atoms with E-state index in [4.69, 9.17) is 5.73 Å². The number of likely N-dealkylation sites (tertiary alicyclic amines) is 1. The maximum atomic E-state index is 5.57. The lowest BCUT2D eigenvalue weighted by atomic mass is 10.2. The van der Waals surface area contributed by atoms with Crippen LogP contribution in [0.1, 0.15) is 23.7 Å². The van der Waals surface area contributed by atoms with Gasteiger partial charge in [0.15, 0.2) is 0 Å². The van der Waals surface area contributed by atoms with Gasteiger partial charge in [0.2, 0.25) is 0 Å². The minimum Gasteiger partial charge on any atom is -0.330 e. The molecule has 1 aliphatic rings. The van der Waals surface area contributed by atoms with Gasteiger partial charge in [-0.15, -0.1) is 0 Å². The van der Waals surface area contributed by atoms with E-state index >= 15 is 0 Å². The Kier molecular flexibility index (Phi) is 3.07. The number of hydrogen-bond acceptors (Lipinski definition) is 3. The molecule has 0 aliphatic carbocycles. The van der Waals surface area contributed by atoms with Gasteiger partial charge in [0.25, 0.3) is 0 Å². The molecule has 0 bridgehead atoms. The van der Waals surface area contributed by atoms with Crippen LogP contribution in [0.3, 0.4) is 0 Å². The summed E-state index contributed by atoms with van der Waals surface area (Å²) in [7, 11) is 2.17. The SMILES string of the molecule is Cc1c(CCN)cnn1C1CCN(C)C1. The van der Waals surface area contributed by atoms with Crippen LogP contribution in [0.4, 0.5) is 0 Å². The van der Waals surface area contributed by atoms with Gasteiger partial charge in [-0.2, -0.15) is 5.10 Å². The van der Waals surface area contributed by atoms with Crippen LogP contribution in [0.2, 0.25) is 0 Å². The Morgan fingerprint density at radius 3 is 3.00 bits per heavy atom. The number of likely N-dealkylation sites (N-methyl/N-ethyl adjacent to an activating group) is 1. The predicted molar refractivity (Wildman–Crippen MR) is 60.9 cm³/mol. The third-order valence-electron chi connectivity index (χ3n) is 3.27. The standard InChI is InChI=1S/C11H20N4/c1-9-10(3-5-12)7-13-15(9)11-4-6-14(2)8-11/h7,11H,3-6,8,12H2,1-2H3. The smallest absolute Gasteiger partial charge is 0.0661 e. The fourth-order valence-corrected chi connectivity index (χ4v) is 2.34. The van der Waals surface area contributed by atoms with E-state index in [1.165, 1.54) is 24.2 Å². The second-order valence-electron chi connectivity index (χ2n) is 4.44. The number of nitrogens with two attached hydrogens (primary N) is 1. The van der Waals surface area contributed by atoms with Gasteiger partial charge in [0.1, 0.15) is 0 Å². The molecule has 15 heavy (non-hydrogen) atoms. The Labute approximate surface area is 91.1 Å². The second kappa shape index (κ2) is 4.33. The Bertz CT molecular complexity index is 331. The molecule has 2 heterocycles. The van der Waals surface area contributed by atoms with Crippen molar-refractivity contribution in [3.8, 4) is 0 Å². The van der Waals surface area contributed by atoms with E-state index in [0.717, 1.165) is 13.0 Å². The molecule has 84 valence electrons. The van der Waals surface area contributed by atoms with Crippen LogP contribution in [-0.2, 0) is 6.42 Å². The van der Waals surface area contributed by atoms with E-state index in [9.17, 15) is 0 Å². The lowest BCUT2D eigenvalue weighted by Crippen LogP contribution is -2.18. The maximum absolute atomic E-state index is 5.57. The monoisotopic (exact) mass is 208 g/mol. The largest absolute Gasteiger partial charge is 0.330 e. The summed E-state index contributed by atoms with van der Waals surface area (Å²) in [4.78, 5) is 2.36. The summed E-state index contributed by atoms with van der Waals surface area (Å²) < 4.78 is 2.18. The average Bonchev–Trinajstić information content (AvgIpc) is 2.76. The predicted octanol–water partition coefficient (Wildman–Crippen LogP) is 0.569. The molecule has 0 aromatic carbocycles. The fraction of sp³-hybridized carbons (Fsp3) is 0.727. The summed E-state index contributed by atoms with van der Waals surface area (Å²) >= 11 is 0. The molecule has 0 spiro atoms. The highest BCUT2D eigenvalue weighted by atomic mass is 15.3. The summed E-state index contributed by atoms with van der Waals surface area (Å²) in [6, 6.07) is 0.557. The third-order valence-corrected chi connectivity index (χ3v) is 3.27. The van der Waals surface area contributed by atoms with Crippen LogP contribution in [0, 0.1) is 6.92 Å². The highest BCUT2D eigenvalue weighted by molar-refractivity contribution is 5.17. The molecule has 0 saturated carbocycles. The van der Waals surface area contributed by atoms with E-state index in [1.807, 2.05) is 6.20 Å². The molecule has 0 radical (unpaired) electrons. The molecule has 1 aliphatic heterocycles. The molecular weight excluding hydrogens is 188 g/mol. The Morgan fingerprint density at radius 1 is 1.60 bits per heavy atom. The highest BCUT2D eigenvalue weighted by Gasteiger charge is 2.23. The number of nitrogens with zero attached hydrogens (tertiary/aromatic N) is 3. The van der Waals surface area contributed by atoms with E-state index < -0.39 is 0 Å². The van der Waals surface area contributed by atoms with Gasteiger partial charge in [-0.1, -0.05) is 0 Å². The van der Waals surface area contributed by atoms with Crippen molar-refractivity contribution >= 4 is 0 Å². The summed E-state index contributed by atoms with van der Waals surface area (Å²) in [5.41, 5.74) is 8.16. The topological polar surface area (TPSA) is 47.1 Å². The number of aromatic nitrogens is 2. The van der Waals surface area contributed by atoms with Gasteiger partial charge in [-0.25, -0.2) is 0 Å². The maximum Gasteiger partial charge on any atom is 0.0661 e. The van der Waals surface area contributed by atoms with Crippen LogP contribution in [-0.4, -0.2) is 41.4 Å². The van der Waals surface area contributed by atoms with Crippen molar-refractivity contribution in [1.82, 2.24) is 14.7 Å². The van der Waals surface area contributed by atoms with Gasteiger partial charge >= 0.3 is 0 Å². The van der Waals surface area contributed by atoms with E-state index in [1.54, 1.807) is 0 Å². The quantitative estimate of drug-likeness (QED) is 0.790. The molecule has 2 rings (SSSR count). The van der Waals surface area contributed by atoms with E-state index in [-0.39, 0.29) is 0 Å². The molecule has 4 heteroatoms. The molecule has 1 fully saturated rings. The van der Waals surface area contributed by atoms with Crippen LogP contribution < -0.4 is 5.73 Å². The van der Waals surface area contributed by atoms with Crippen LogP contribution in [0.15, 0.2) is 6.20 Å². The average molecular weight is 208 g/mol. The second-order valence-corrected chi connectivity index (χ2v) is 4.44. The van der Waals surface area contributed by atoms with Crippen molar-refractivity contribution in [1.29, 1.82) is 0 Å². The van der Waals surface area contributed by atoms with E-state index in [0.29, 0.717) is 12.6 Å². The molecule has 4 nitrogen and oxygen atoms in total. The van der Waals surface area contributed by atoms with Gasteiger partial charge in [0.05, 0.1) is 12.2 Å². The first-order valence-corrected chi connectivity index (χ1v) is 5.64. The zero-order valence-electron chi connectivity index (χ0n) is 9.61. The van der Waals surface area contributed by atoms with Crippen LogP contribution in [0.25, 0.3) is 0 Å². The van der Waals surface area contributed by atoms with Crippen molar-refractivity contribution in [2.45, 2.75) is 25.8 Å². The molecule has 1 aromatic rings. The molecule has 0 amide bonds. The Morgan fingerprint density at radius 2 is 2.40 bits per heavy atom.